The van der Waals surface area contributed by atoms with Crippen LogP contribution in [0.4, 0.5) is 0 Å². The fourth-order valence-corrected chi connectivity index (χ4v) is 1.49. The minimum Gasteiger partial charge on any atom is -0.297 e. The highest BCUT2D eigenvalue weighted by molar-refractivity contribution is 5.09. The average Bonchev–Trinajstić information content (AvgIpc) is 2.04. The van der Waals surface area contributed by atoms with Crippen molar-refractivity contribution in [2.45, 2.75) is 38.7 Å². The Morgan fingerprint density at radius 2 is 2.40 bits per heavy atom. The molecule has 2 N–H and O–H groups in total. The van der Waals surface area contributed by atoms with Gasteiger partial charge in [0.25, 0.3) is 0 Å². The van der Waals surface area contributed by atoms with Gasteiger partial charge in [-0.3, -0.25) is 4.84 Å². The van der Waals surface area contributed by atoms with Crippen LogP contribution in [0.1, 0.15) is 32.6 Å². The molecule has 1 aliphatic rings. The van der Waals surface area contributed by atoms with Crippen molar-refractivity contribution in [2.24, 2.45) is 5.90 Å². The average molecular weight is 141 g/mol. The summed E-state index contributed by atoms with van der Waals surface area (Å²) >= 11 is 0. The standard InChI is InChI=1S/C8H15NO/c1-2-7-5-3-4-6-8(7)10-9/h2,8H,3-6,9H2,1H3/b7-2-. The number of hydrogen-bond acceptors (Lipinski definition) is 2. The Labute approximate surface area is 62.0 Å². The molecule has 10 heavy (non-hydrogen) atoms. The van der Waals surface area contributed by atoms with Crippen molar-refractivity contribution in [1.82, 2.24) is 0 Å². The van der Waals surface area contributed by atoms with E-state index < -0.39 is 0 Å². The third-order valence-corrected chi connectivity index (χ3v) is 2.13. The molecule has 1 fully saturated rings. The third-order valence-electron chi connectivity index (χ3n) is 2.13. The van der Waals surface area contributed by atoms with Gasteiger partial charge in [-0.05, 0) is 31.8 Å². The maximum Gasteiger partial charge on any atom is 0.0997 e. The van der Waals surface area contributed by atoms with Crippen LogP contribution in [-0.2, 0) is 4.84 Å². The second-order valence-electron chi connectivity index (χ2n) is 2.73. The Morgan fingerprint density at radius 3 is 2.90 bits per heavy atom. The lowest BCUT2D eigenvalue weighted by Crippen LogP contribution is -2.22. The van der Waals surface area contributed by atoms with Crippen molar-refractivity contribution in [2.75, 3.05) is 0 Å². The first-order chi connectivity index (χ1) is 4.88. The van der Waals surface area contributed by atoms with Gasteiger partial charge in [0.05, 0.1) is 6.10 Å². The van der Waals surface area contributed by atoms with Gasteiger partial charge in [0.15, 0.2) is 0 Å². The largest absolute Gasteiger partial charge is 0.297 e. The van der Waals surface area contributed by atoms with E-state index >= 15 is 0 Å². The Kier molecular flexibility index (Phi) is 2.90. The van der Waals surface area contributed by atoms with Gasteiger partial charge in [0.2, 0.25) is 0 Å². The molecule has 0 saturated heterocycles. The molecule has 1 unspecified atom stereocenters. The topological polar surface area (TPSA) is 35.2 Å². The molecule has 0 aromatic heterocycles. The van der Waals surface area contributed by atoms with Gasteiger partial charge < -0.3 is 0 Å². The predicted octanol–water partition coefficient (Wildman–Crippen LogP) is 1.77. The van der Waals surface area contributed by atoms with Crippen LogP contribution in [0.25, 0.3) is 0 Å². The normalized spacial score (nSPS) is 31.0. The fourth-order valence-electron chi connectivity index (χ4n) is 1.49. The molecule has 0 aromatic rings. The molecule has 2 nitrogen and oxygen atoms in total. The van der Waals surface area contributed by atoms with Crippen LogP contribution >= 0.6 is 0 Å². The summed E-state index contributed by atoms with van der Waals surface area (Å²) in [7, 11) is 0. The van der Waals surface area contributed by atoms with Gasteiger partial charge in [-0.25, -0.2) is 5.90 Å². The Bertz CT molecular complexity index is 131. The van der Waals surface area contributed by atoms with Crippen molar-refractivity contribution < 1.29 is 4.84 Å². The molecule has 0 aliphatic heterocycles. The molecule has 0 aromatic carbocycles. The predicted molar refractivity (Wildman–Crippen MR) is 41.3 cm³/mol. The summed E-state index contributed by atoms with van der Waals surface area (Å²) in [4.78, 5) is 4.83. The first kappa shape index (κ1) is 7.76. The zero-order valence-electron chi connectivity index (χ0n) is 6.47. The molecule has 0 spiro atoms. The molecular weight excluding hydrogens is 126 g/mol. The molecule has 0 bridgehead atoms. The Hall–Kier alpha value is -0.340. The summed E-state index contributed by atoms with van der Waals surface area (Å²) in [5.74, 6) is 5.13. The van der Waals surface area contributed by atoms with E-state index in [0.29, 0.717) is 0 Å². The van der Waals surface area contributed by atoms with E-state index in [1.54, 1.807) is 0 Å². The lowest BCUT2D eigenvalue weighted by molar-refractivity contribution is 0.0609. The Balaban J connectivity index is 2.50. The fraction of sp³-hybridized carbons (Fsp3) is 0.750. The van der Waals surface area contributed by atoms with Crippen LogP contribution in [0.3, 0.4) is 0 Å². The summed E-state index contributed by atoms with van der Waals surface area (Å²) in [6.45, 7) is 2.05. The molecule has 1 saturated carbocycles. The van der Waals surface area contributed by atoms with Crippen molar-refractivity contribution in [3.05, 3.63) is 11.6 Å². The number of allylic oxidation sites excluding steroid dienone is 1. The summed E-state index contributed by atoms with van der Waals surface area (Å²) in [6.07, 6.45) is 7.13. The van der Waals surface area contributed by atoms with Crippen LogP contribution in [0.5, 0.6) is 0 Å². The first-order valence-electron chi connectivity index (χ1n) is 3.89. The van der Waals surface area contributed by atoms with Gasteiger partial charge in [0, 0.05) is 0 Å². The molecule has 0 radical (unpaired) electrons. The zero-order valence-corrected chi connectivity index (χ0v) is 6.47. The SMILES string of the molecule is C/C=C1/CCCCC1ON. The van der Waals surface area contributed by atoms with Crippen LogP contribution in [0.15, 0.2) is 11.6 Å². The van der Waals surface area contributed by atoms with E-state index in [9.17, 15) is 0 Å². The van der Waals surface area contributed by atoms with Crippen LogP contribution < -0.4 is 5.90 Å². The van der Waals surface area contributed by atoms with Gasteiger partial charge in [-0.2, -0.15) is 0 Å². The van der Waals surface area contributed by atoms with E-state index in [2.05, 4.69) is 6.08 Å². The summed E-state index contributed by atoms with van der Waals surface area (Å²) in [5, 5.41) is 0. The quantitative estimate of drug-likeness (QED) is 0.446. The van der Waals surface area contributed by atoms with Crippen LogP contribution in [-0.4, -0.2) is 6.10 Å². The Morgan fingerprint density at radius 1 is 1.60 bits per heavy atom. The lowest BCUT2D eigenvalue weighted by atomic mass is 9.92. The van der Waals surface area contributed by atoms with Crippen molar-refractivity contribution in [3.8, 4) is 0 Å². The molecule has 0 heterocycles. The van der Waals surface area contributed by atoms with Crippen LogP contribution in [0.2, 0.25) is 0 Å². The number of hydrogen-bond donors (Lipinski definition) is 1. The third kappa shape index (κ3) is 1.58. The van der Waals surface area contributed by atoms with Crippen molar-refractivity contribution in [1.29, 1.82) is 0 Å². The van der Waals surface area contributed by atoms with E-state index in [1.807, 2.05) is 6.92 Å². The molecule has 1 aliphatic carbocycles. The van der Waals surface area contributed by atoms with Gasteiger partial charge >= 0.3 is 0 Å². The van der Waals surface area contributed by atoms with E-state index in [0.717, 1.165) is 6.42 Å². The highest BCUT2D eigenvalue weighted by Gasteiger charge is 2.17. The minimum atomic E-state index is 0.207. The molecule has 58 valence electrons. The molecular formula is C8H15NO. The van der Waals surface area contributed by atoms with E-state index in [-0.39, 0.29) is 6.10 Å². The molecule has 1 rings (SSSR count). The van der Waals surface area contributed by atoms with Gasteiger partial charge in [-0.1, -0.05) is 12.5 Å². The van der Waals surface area contributed by atoms with E-state index in [1.165, 1.54) is 24.8 Å². The maximum atomic E-state index is 5.13. The summed E-state index contributed by atoms with van der Waals surface area (Å²) in [5.41, 5.74) is 1.37. The second kappa shape index (κ2) is 3.74. The number of nitrogens with two attached hydrogens (primary N) is 1. The zero-order chi connectivity index (χ0) is 7.40. The molecule has 0 amide bonds. The van der Waals surface area contributed by atoms with E-state index in [4.69, 9.17) is 10.7 Å². The molecule has 2 heteroatoms. The van der Waals surface area contributed by atoms with Crippen molar-refractivity contribution in [3.63, 3.8) is 0 Å². The van der Waals surface area contributed by atoms with Gasteiger partial charge in [-0.15, -0.1) is 0 Å². The first-order valence-corrected chi connectivity index (χ1v) is 3.89. The number of rotatable bonds is 1. The minimum absolute atomic E-state index is 0.207. The summed E-state index contributed by atoms with van der Waals surface area (Å²) in [6, 6.07) is 0. The second-order valence-corrected chi connectivity index (χ2v) is 2.73. The maximum absolute atomic E-state index is 5.13. The van der Waals surface area contributed by atoms with Crippen molar-refractivity contribution >= 4 is 0 Å². The lowest BCUT2D eigenvalue weighted by Gasteiger charge is -2.22. The molecule has 1 atom stereocenters. The summed E-state index contributed by atoms with van der Waals surface area (Å²) < 4.78 is 0. The highest BCUT2D eigenvalue weighted by atomic mass is 16.6. The monoisotopic (exact) mass is 141 g/mol. The van der Waals surface area contributed by atoms with Crippen LogP contribution in [0, 0.1) is 0 Å². The smallest absolute Gasteiger partial charge is 0.0997 e. The van der Waals surface area contributed by atoms with Gasteiger partial charge in [0.1, 0.15) is 0 Å². The highest BCUT2D eigenvalue weighted by Crippen LogP contribution is 2.24.